The number of phenols is 1. The minimum Gasteiger partial charge on any atom is -0.505 e. The molecule has 1 amide bonds. The smallest absolute Gasteiger partial charge is 0.296 e. The van der Waals surface area contributed by atoms with Gasteiger partial charge in [0.25, 0.3) is 11.6 Å². The normalized spacial score (nSPS) is 10.2. The van der Waals surface area contributed by atoms with Crippen LogP contribution in [-0.2, 0) is 0 Å². The fourth-order valence-electron chi connectivity index (χ4n) is 1.75. The van der Waals surface area contributed by atoms with E-state index in [1.165, 1.54) is 30.3 Å². The maximum atomic E-state index is 12.1. The quantitative estimate of drug-likeness (QED) is 0.392. The number of carbonyl (C=O) groups excluding carboxylic acids is 1. The van der Waals surface area contributed by atoms with E-state index >= 15 is 0 Å². The molecule has 2 aromatic rings. The zero-order valence-electron chi connectivity index (χ0n) is 10.8. The van der Waals surface area contributed by atoms with Crippen LogP contribution in [0.15, 0.2) is 30.3 Å². The first-order valence-corrected chi connectivity index (χ1v) is 6.18. The summed E-state index contributed by atoms with van der Waals surface area (Å²) in [7, 11) is 0. The van der Waals surface area contributed by atoms with E-state index in [9.17, 15) is 20.0 Å². The molecule has 0 saturated heterocycles. The highest BCUT2D eigenvalue weighted by Crippen LogP contribution is 2.33. The number of phenolic OH excluding ortho intramolecular Hbond substituents is 1. The number of hydrogen-bond donors (Lipinski definition) is 2. The molecule has 108 valence electrons. The third kappa shape index (κ3) is 3.26. The Bertz CT molecular complexity index is 713. The predicted molar refractivity (Wildman–Crippen MR) is 76.7 cm³/mol. The molecule has 0 aliphatic rings. The number of carbonyl (C=O) groups is 1. The van der Waals surface area contributed by atoms with Crippen LogP contribution in [0.1, 0.15) is 16.1 Å². The Morgan fingerprint density at radius 1 is 1.43 bits per heavy atom. The molecule has 1 aromatic carbocycles. The highest BCUT2D eigenvalue weighted by Gasteiger charge is 2.20. The van der Waals surface area contributed by atoms with Crippen LogP contribution in [0.5, 0.6) is 5.75 Å². The molecular formula is C13H10ClN3O4. The van der Waals surface area contributed by atoms with Crippen molar-refractivity contribution in [2.45, 2.75) is 6.92 Å². The Morgan fingerprint density at radius 2 is 2.14 bits per heavy atom. The molecule has 0 aliphatic heterocycles. The van der Waals surface area contributed by atoms with E-state index in [1.807, 2.05) is 0 Å². The molecule has 0 aliphatic carbocycles. The van der Waals surface area contributed by atoms with Crippen molar-refractivity contribution in [2.75, 3.05) is 5.32 Å². The SMILES string of the molecule is Cc1cc(C(=O)Nc2c(O)cccc2[N+](=O)[O-])cc(Cl)n1. The monoisotopic (exact) mass is 307 g/mol. The lowest BCUT2D eigenvalue weighted by atomic mass is 10.2. The van der Waals surface area contributed by atoms with E-state index in [0.717, 1.165) is 0 Å². The van der Waals surface area contributed by atoms with Gasteiger partial charge in [0.1, 0.15) is 10.9 Å². The zero-order valence-corrected chi connectivity index (χ0v) is 11.6. The van der Waals surface area contributed by atoms with Gasteiger partial charge in [-0.25, -0.2) is 4.98 Å². The molecule has 0 unspecified atom stereocenters. The van der Waals surface area contributed by atoms with Crippen molar-refractivity contribution in [3.8, 4) is 5.75 Å². The topological polar surface area (TPSA) is 105 Å². The number of rotatable bonds is 3. The Labute approximate surface area is 124 Å². The number of aromatic nitrogens is 1. The van der Waals surface area contributed by atoms with Gasteiger partial charge in [0.15, 0.2) is 5.69 Å². The number of nitro benzene ring substituents is 1. The molecule has 8 heteroatoms. The van der Waals surface area contributed by atoms with Crippen LogP contribution in [0, 0.1) is 17.0 Å². The van der Waals surface area contributed by atoms with E-state index < -0.39 is 22.3 Å². The largest absolute Gasteiger partial charge is 0.505 e. The van der Waals surface area contributed by atoms with E-state index in [0.29, 0.717) is 5.69 Å². The highest BCUT2D eigenvalue weighted by molar-refractivity contribution is 6.29. The lowest BCUT2D eigenvalue weighted by Crippen LogP contribution is -2.13. The summed E-state index contributed by atoms with van der Waals surface area (Å²) in [6.07, 6.45) is 0. The highest BCUT2D eigenvalue weighted by atomic mass is 35.5. The summed E-state index contributed by atoms with van der Waals surface area (Å²) in [6, 6.07) is 6.55. The van der Waals surface area contributed by atoms with E-state index in [1.54, 1.807) is 6.92 Å². The fraction of sp³-hybridized carbons (Fsp3) is 0.0769. The molecule has 21 heavy (non-hydrogen) atoms. The van der Waals surface area contributed by atoms with Gasteiger partial charge >= 0.3 is 0 Å². The van der Waals surface area contributed by atoms with Gasteiger partial charge in [-0.1, -0.05) is 17.7 Å². The van der Waals surface area contributed by atoms with Gasteiger partial charge in [0, 0.05) is 17.3 Å². The average molecular weight is 308 g/mol. The van der Waals surface area contributed by atoms with Crippen molar-refractivity contribution in [1.82, 2.24) is 4.98 Å². The molecule has 1 aromatic heterocycles. The predicted octanol–water partition coefficient (Wildman–Crippen LogP) is 2.91. The molecule has 2 rings (SSSR count). The van der Waals surface area contributed by atoms with Gasteiger partial charge in [-0.3, -0.25) is 14.9 Å². The molecular weight excluding hydrogens is 298 g/mol. The Morgan fingerprint density at radius 3 is 2.76 bits per heavy atom. The van der Waals surface area contributed by atoms with E-state index in [2.05, 4.69) is 10.3 Å². The fourth-order valence-corrected chi connectivity index (χ4v) is 2.00. The second-order valence-corrected chi connectivity index (χ2v) is 4.59. The molecule has 1 heterocycles. The standard InChI is InChI=1S/C13H10ClN3O4/c1-7-5-8(6-11(14)15-7)13(19)16-12-9(17(20)21)3-2-4-10(12)18/h2-6,18H,1H3,(H,16,19). The number of benzene rings is 1. The molecule has 2 N–H and O–H groups in total. The third-order valence-electron chi connectivity index (χ3n) is 2.64. The number of para-hydroxylation sites is 1. The van der Waals surface area contributed by atoms with Gasteiger partial charge < -0.3 is 10.4 Å². The summed E-state index contributed by atoms with van der Waals surface area (Å²) >= 11 is 5.76. The second kappa shape index (κ2) is 5.76. The van der Waals surface area contributed by atoms with Crippen molar-refractivity contribution in [3.63, 3.8) is 0 Å². The Balaban J connectivity index is 2.38. The van der Waals surface area contributed by atoms with Gasteiger partial charge in [0.2, 0.25) is 0 Å². The second-order valence-electron chi connectivity index (χ2n) is 4.20. The van der Waals surface area contributed by atoms with Crippen molar-refractivity contribution in [1.29, 1.82) is 0 Å². The van der Waals surface area contributed by atoms with Gasteiger partial charge in [-0.05, 0) is 25.1 Å². The van der Waals surface area contributed by atoms with Crippen LogP contribution in [-0.4, -0.2) is 20.9 Å². The number of aromatic hydroxyl groups is 1. The van der Waals surface area contributed by atoms with Crippen LogP contribution >= 0.6 is 11.6 Å². The van der Waals surface area contributed by atoms with Crippen LogP contribution in [0.3, 0.4) is 0 Å². The third-order valence-corrected chi connectivity index (χ3v) is 2.83. The first kappa shape index (κ1) is 14.7. The van der Waals surface area contributed by atoms with E-state index in [4.69, 9.17) is 11.6 Å². The maximum absolute atomic E-state index is 12.1. The molecule has 0 atom stereocenters. The first-order valence-electron chi connectivity index (χ1n) is 5.80. The van der Waals surface area contributed by atoms with Crippen LogP contribution < -0.4 is 5.32 Å². The van der Waals surface area contributed by atoms with Crippen LogP contribution in [0.25, 0.3) is 0 Å². The van der Waals surface area contributed by atoms with Gasteiger partial charge in [0.05, 0.1) is 4.92 Å². The molecule has 0 fully saturated rings. The number of anilines is 1. The number of nitrogens with zero attached hydrogens (tertiary/aromatic N) is 2. The van der Waals surface area contributed by atoms with Crippen LogP contribution in [0.4, 0.5) is 11.4 Å². The summed E-state index contributed by atoms with van der Waals surface area (Å²) in [5.41, 5.74) is 0.0443. The summed E-state index contributed by atoms with van der Waals surface area (Å²) in [5, 5.41) is 23.0. The van der Waals surface area contributed by atoms with Crippen molar-refractivity contribution in [3.05, 3.63) is 56.9 Å². The summed E-state index contributed by atoms with van der Waals surface area (Å²) in [4.78, 5) is 26.2. The Kier molecular flexibility index (Phi) is 4.04. The first-order chi connectivity index (χ1) is 9.88. The summed E-state index contributed by atoms with van der Waals surface area (Å²) in [6.45, 7) is 1.66. The van der Waals surface area contributed by atoms with E-state index in [-0.39, 0.29) is 16.4 Å². The molecule has 0 saturated carbocycles. The molecule has 0 bridgehead atoms. The summed E-state index contributed by atoms with van der Waals surface area (Å²) < 4.78 is 0. The number of pyridine rings is 1. The minimum atomic E-state index is -0.694. The number of aryl methyl sites for hydroxylation is 1. The minimum absolute atomic E-state index is 0.131. The molecule has 0 spiro atoms. The van der Waals surface area contributed by atoms with Gasteiger partial charge in [-0.15, -0.1) is 0 Å². The lowest BCUT2D eigenvalue weighted by Gasteiger charge is -2.08. The van der Waals surface area contributed by atoms with Gasteiger partial charge in [-0.2, -0.15) is 0 Å². The maximum Gasteiger partial charge on any atom is 0.296 e. The average Bonchev–Trinajstić information content (AvgIpc) is 2.39. The van der Waals surface area contributed by atoms with Crippen LogP contribution in [0.2, 0.25) is 5.15 Å². The van der Waals surface area contributed by atoms with Crippen molar-refractivity contribution in [2.24, 2.45) is 0 Å². The number of nitrogens with one attached hydrogen (secondary N) is 1. The molecule has 0 radical (unpaired) electrons. The number of amides is 1. The molecule has 7 nitrogen and oxygen atoms in total. The number of hydrogen-bond acceptors (Lipinski definition) is 5. The van der Waals surface area contributed by atoms with Crippen molar-refractivity contribution >= 4 is 28.9 Å². The Hall–Kier alpha value is -2.67. The number of halogens is 1. The van der Waals surface area contributed by atoms with Crippen molar-refractivity contribution < 1.29 is 14.8 Å². The lowest BCUT2D eigenvalue weighted by molar-refractivity contribution is -0.384. The zero-order chi connectivity index (χ0) is 15.6. The number of nitro groups is 1. The summed E-state index contributed by atoms with van der Waals surface area (Å²) in [5.74, 6) is -1.03.